The zero-order chi connectivity index (χ0) is 15.1. The van der Waals surface area contributed by atoms with Gasteiger partial charge in [0.15, 0.2) is 0 Å². The predicted octanol–water partition coefficient (Wildman–Crippen LogP) is 3.15. The van der Waals surface area contributed by atoms with Crippen LogP contribution in [0.15, 0.2) is 0 Å². The first-order valence-electron chi connectivity index (χ1n) is 9.17. The van der Waals surface area contributed by atoms with Gasteiger partial charge in [-0.1, -0.05) is 13.8 Å². The summed E-state index contributed by atoms with van der Waals surface area (Å²) < 4.78 is 5.31. The maximum Gasteiger partial charge on any atom is 0.0491 e. The van der Waals surface area contributed by atoms with Crippen molar-refractivity contribution in [1.82, 2.24) is 10.2 Å². The van der Waals surface area contributed by atoms with Gasteiger partial charge < -0.3 is 15.0 Å². The summed E-state index contributed by atoms with van der Waals surface area (Å²) in [6.45, 7) is 10.7. The summed E-state index contributed by atoms with van der Waals surface area (Å²) in [5.41, 5.74) is 0. The molecule has 1 aliphatic heterocycles. The molecule has 2 fully saturated rings. The van der Waals surface area contributed by atoms with Crippen molar-refractivity contribution in [2.45, 2.75) is 58.4 Å². The van der Waals surface area contributed by atoms with Crippen LogP contribution >= 0.6 is 0 Å². The second-order valence-corrected chi connectivity index (χ2v) is 7.44. The average molecular weight is 296 g/mol. The Morgan fingerprint density at radius 1 is 1.14 bits per heavy atom. The lowest BCUT2D eigenvalue weighted by Crippen LogP contribution is -2.47. The quantitative estimate of drug-likeness (QED) is 0.781. The number of hydrogen-bond acceptors (Lipinski definition) is 3. The third-order valence-corrected chi connectivity index (χ3v) is 5.50. The molecule has 0 amide bonds. The molecule has 1 saturated heterocycles. The van der Waals surface area contributed by atoms with Crippen molar-refractivity contribution in [3.05, 3.63) is 0 Å². The van der Waals surface area contributed by atoms with E-state index in [9.17, 15) is 0 Å². The van der Waals surface area contributed by atoms with E-state index in [1.165, 1.54) is 64.7 Å². The highest BCUT2D eigenvalue weighted by atomic mass is 16.5. The molecule has 3 heteroatoms. The second kappa shape index (κ2) is 9.12. The Balaban J connectivity index is 1.78. The molecule has 0 aromatic rings. The Labute approximate surface area is 131 Å². The van der Waals surface area contributed by atoms with Gasteiger partial charge in [0.1, 0.15) is 0 Å². The van der Waals surface area contributed by atoms with Crippen molar-refractivity contribution >= 4 is 0 Å². The number of hydrogen-bond donors (Lipinski definition) is 1. The molecule has 1 N–H and O–H groups in total. The molecule has 0 spiro atoms. The van der Waals surface area contributed by atoms with Crippen molar-refractivity contribution in [2.24, 2.45) is 17.8 Å². The van der Waals surface area contributed by atoms with Crippen LogP contribution in [0.3, 0.4) is 0 Å². The van der Waals surface area contributed by atoms with Crippen LogP contribution in [0.2, 0.25) is 0 Å². The number of methoxy groups -OCH3 is 1. The van der Waals surface area contributed by atoms with Gasteiger partial charge >= 0.3 is 0 Å². The molecule has 1 heterocycles. The van der Waals surface area contributed by atoms with Crippen LogP contribution in [-0.4, -0.2) is 50.8 Å². The first-order chi connectivity index (χ1) is 10.2. The molecule has 1 aliphatic carbocycles. The van der Waals surface area contributed by atoms with Crippen LogP contribution in [0.1, 0.15) is 52.4 Å². The molecule has 2 rings (SSSR count). The molecular formula is C18H36N2O. The summed E-state index contributed by atoms with van der Waals surface area (Å²) in [5.74, 6) is 2.57. The highest BCUT2D eigenvalue weighted by Gasteiger charge is 2.30. The normalized spacial score (nSPS) is 32.4. The van der Waals surface area contributed by atoms with Gasteiger partial charge in [-0.15, -0.1) is 0 Å². The van der Waals surface area contributed by atoms with E-state index in [1.54, 1.807) is 0 Å². The van der Waals surface area contributed by atoms with Crippen LogP contribution in [0, 0.1) is 17.8 Å². The summed E-state index contributed by atoms with van der Waals surface area (Å²) in [7, 11) is 1.83. The lowest BCUT2D eigenvalue weighted by Gasteiger charge is -2.40. The number of piperidine rings is 1. The Hall–Kier alpha value is -0.120. The van der Waals surface area contributed by atoms with E-state index in [0.29, 0.717) is 0 Å². The molecule has 0 radical (unpaired) electrons. The van der Waals surface area contributed by atoms with Gasteiger partial charge in [0, 0.05) is 26.3 Å². The first kappa shape index (κ1) is 17.2. The third kappa shape index (κ3) is 5.54. The van der Waals surface area contributed by atoms with Crippen molar-refractivity contribution in [2.75, 3.05) is 39.9 Å². The van der Waals surface area contributed by atoms with E-state index >= 15 is 0 Å². The van der Waals surface area contributed by atoms with Crippen molar-refractivity contribution < 1.29 is 4.74 Å². The minimum absolute atomic E-state index is 0.762. The van der Waals surface area contributed by atoms with Gasteiger partial charge in [-0.25, -0.2) is 0 Å². The van der Waals surface area contributed by atoms with Gasteiger partial charge in [0.05, 0.1) is 0 Å². The fourth-order valence-electron chi connectivity index (χ4n) is 4.20. The minimum atomic E-state index is 0.762. The molecular weight excluding hydrogens is 260 g/mol. The summed E-state index contributed by atoms with van der Waals surface area (Å²) in [5, 5.41) is 3.81. The highest BCUT2D eigenvalue weighted by Crippen LogP contribution is 2.30. The van der Waals surface area contributed by atoms with Crippen LogP contribution in [0.4, 0.5) is 0 Å². The maximum absolute atomic E-state index is 5.31. The van der Waals surface area contributed by atoms with Gasteiger partial charge in [0.25, 0.3) is 0 Å². The Morgan fingerprint density at radius 2 is 1.90 bits per heavy atom. The van der Waals surface area contributed by atoms with E-state index in [1.807, 2.05) is 7.11 Å². The van der Waals surface area contributed by atoms with Crippen LogP contribution in [-0.2, 0) is 4.74 Å². The molecule has 3 atom stereocenters. The lowest BCUT2D eigenvalue weighted by molar-refractivity contribution is 0.0784. The van der Waals surface area contributed by atoms with Gasteiger partial charge in [-0.05, 0) is 75.9 Å². The topological polar surface area (TPSA) is 24.5 Å². The Kier molecular flexibility index (Phi) is 7.48. The van der Waals surface area contributed by atoms with Crippen LogP contribution < -0.4 is 5.32 Å². The van der Waals surface area contributed by atoms with E-state index in [-0.39, 0.29) is 0 Å². The first-order valence-corrected chi connectivity index (χ1v) is 9.17. The van der Waals surface area contributed by atoms with Crippen molar-refractivity contribution in [3.63, 3.8) is 0 Å². The number of nitrogens with zero attached hydrogens (tertiary/aromatic N) is 1. The van der Waals surface area contributed by atoms with E-state index in [0.717, 1.165) is 30.4 Å². The number of likely N-dealkylation sites (tertiary alicyclic amines) is 1. The fourth-order valence-corrected chi connectivity index (χ4v) is 4.20. The average Bonchev–Trinajstić information content (AvgIpc) is 2.49. The van der Waals surface area contributed by atoms with E-state index in [2.05, 4.69) is 24.1 Å². The zero-order valence-corrected chi connectivity index (χ0v) is 14.4. The Morgan fingerprint density at radius 3 is 2.57 bits per heavy atom. The molecule has 0 aromatic heterocycles. The molecule has 1 saturated carbocycles. The van der Waals surface area contributed by atoms with E-state index < -0.39 is 0 Å². The summed E-state index contributed by atoms with van der Waals surface area (Å²) in [4.78, 5) is 2.72. The lowest BCUT2D eigenvalue weighted by atomic mass is 9.78. The molecule has 2 aliphatic rings. The van der Waals surface area contributed by atoms with E-state index in [4.69, 9.17) is 4.74 Å². The second-order valence-electron chi connectivity index (χ2n) is 7.44. The largest absolute Gasteiger partial charge is 0.384 e. The van der Waals surface area contributed by atoms with Gasteiger partial charge in [-0.2, -0.15) is 0 Å². The van der Waals surface area contributed by atoms with Crippen LogP contribution in [0.25, 0.3) is 0 Å². The minimum Gasteiger partial charge on any atom is -0.384 e. The van der Waals surface area contributed by atoms with Crippen LogP contribution in [0.5, 0.6) is 0 Å². The third-order valence-electron chi connectivity index (χ3n) is 5.50. The molecule has 21 heavy (non-hydrogen) atoms. The predicted molar refractivity (Wildman–Crippen MR) is 89.6 cm³/mol. The van der Waals surface area contributed by atoms with Gasteiger partial charge in [-0.3, -0.25) is 0 Å². The highest BCUT2D eigenvalue weighted by molar-refractivity contribution is 4.86. The van der Waals surface area contributed by atoms with Crippen molar-refractivity contribution in [3.8, 4) is 0 Å². The van der Waals surface area contributed by atoms with Gasteiger partial charge in [0.2, 0.25) is 0 Å². The molecule has 0 aromatic carbocycles. The SMILES string of the molecule is CCCNC1CCC(C)CC1CN1CCC(COC)CC1. The maximum atomic E-state index is 5.31. The monoisotopic (exact) mass is 296 g/mol. The summed E-state index contributed by atoms with van der Waals surface area (Å²) in [6, 6.07) is 0.762. The molecule has 0 bridgehead atoms. The number of nitrogens with one attached hydrogen (secondary N) is 1. The smallest absolute Gasteiger partial charge is 0.0491 e. The standard InChI is InChI=1S/C18H36N2O/c1-4-9-19-18-6-5-15(2)12-17(18)13-20-10-7-16(8-11-20)14-21-3/h15-19H,4-14H2,1-3H3. The Bertz CT molecular complexity index is 274. The summed E-state index contributed by atoms with van der Waals surface area (Å²) in [6.07, 6.45) is 8.10. The zero-order valence-electron chi connectivity index (χ0n) is 14.4. The number of ether oxygens (including phenoxy) is 1. The fraction of sp³-hybridized carbons (Fsp3) is 1.00. The number of rotatable bonds is 7. The molecule has 3 unspecified atom stereocenters. The van der Waals surface area contributed by atoms with Crippen molar-refractivity contribution in [1.29, 1.82) is 0 Å². The molecule has 3 nitrogen and oxygen atoms in total. The summed E-state index contributed by atoms with van der Waals surface area (Å²) >= 11 is 0. The molecule has 124 valence electrons.